The number of ether oxygens (including phenoxy) is 2. The van der Waals surface area contributed by atoms with Crippen LogP contribution >= 0.6 is 0 Å². The Kier molecular flexibility index (Phi) is 25.4. The monoisotopic (exact) mass is 656 g/mol. The second-order valence-corrected chi connectivity index (χ2v) is 15.4. The molecule has 0 aliphatic heterocycles. The Bertz CT molecular complexity index is 1290. The average Bonchev–Trinajstić information content (AvgIpc) is 3.03. The van der Waals surface area contributed by atoms with Gasteiger partial charge >= 0.3 is 33.9 Å². The molecule has 0 heterocycles. The molecule has 0 radical (unpaired) electrons. The van der Waals surface area contributed by atoms with Gasteiger partial charge in [0.05, 0.1) is 7.11 Å². The molecule has 0 N–H and O–H groups in total. The molecule has 0 atom stereocenters. The van der Waals surface area contributed by atoms with E-state index in [0.717, 1.165) is 53.9 Å². The molecule has 6 nitrogen and oxygen atoms in total. The summed E-state index contributed by atoms with van der Waals surface area (Å²) in [4.78, 5) is 0. The fourth-order valence-corrected chi connectivity index (χ4v) is 5.17. The molecule has 3 rings (SSSR count). The Balaban J connectivity index is -0.00000123. The van der Waals surface area contributed by atoms with Crippen LogP contribution in [0.3, 0.4) is 0 Å². The molecule has 238 valence electrons. The zero-order valence-corrected chi connectivity index (χ0v) is 30.2. The third-order valence-electron chi connectivity index (χ3n) is 7.20. The van der Waals surface area contributed by atoms with Gasteiger partial charge in [-0.2, -0.15) is 0 Å². The van der Waals surface area contributed by atoms with Crippen LogP contribution in [0.5, 0.6) is 11.5 Å². The normalized spacial score (nSPS) is 10.2. The summed E-state index contributed by atoms with van der Waals surface area (Å²) in [7, 11) is -0.239. The van der Waals surface area contributed by atoms with Crippen molar-refractivity contribution in [3.63, 3.8) is 0 Å². The fraction of sp³-hybridized carbons (Fsp3) is 0.417. The Labute approximate surface area is 277 Å². The molecule has 8 heteroatoms. The minimum atomic E-state index is -2.02. The largest absolute Gasteiger partial charge is 0 e. The van der Waals surface area contributed by atoms with Gasteiger partial charge in [0.1, 0.15) is 11.5 Å². The maximum atomic E-state index is 7.50. The third-order valence-corrected chi connectivity index (χ3v) is 11.5. The van der Waals surface area contributed by atoms with E-state index in [1.165, 1.54) is 16.7 Å². The first-order valence-corrected chi connectivity index (χ1v) is 17.2. The molecule has 44 heavy (non-hydrogen) atoms. The molecule has 3 aromatic carbocycles. The van der Waals surface area contributed by atoms with Crippen LogP contribution in [-0.2, 0) is 48.9 Å². The maximum absolute atomic E-state index is 7.50. The Hall–Kier alpha value is -2.81. The number of methoxy groups -OCH3 is 1. The van der Waals surface area contributed by atoms with E-state index < -0.39 is 8.32 Å². The molecule has 0 amide bonds. The van der Waals surface area contributed by atoms with Gasteiger partial charge in [0, 0.05) is 46.9 Å². The number of hydrogen-bond donors (Lipinski definition) is 0. The van der Waals surface area contributed by atoms with E-state index in [1.54, 1.807) is 7.11 Å². The Morgan fingerprint density at radius 2 is 1.18 bits per heavy atom. The third kappa shape index (κ3) is 13.4. The Morgan fingerprint density at radius 1 is 0.705 bits per heavy atom. The zero-order chi connectivity index (χ0) is 33.6. The summed E-state index contributed by atoms with van der Waals surface area (Å²) < 4.78 is 40.3. The smallest absolute Gasteiger partial charge is 0 e. The summed E-state index contributed by atoms with van der Waals surface area (Å²) in [6, 6.07) is 17.0. The van der Waals surface area contributed by atoms with Gasteiger partial charge < -0.3 is 13.9 Å². The molecule has 0 spiro atoms. The summed E-state index contributed by atoms with van der Waals surface area (Å²) in [5.74, 6) is 2.04. The summed E-state index contributed by atoms with van der Waals surface area (Å²) in [5, 5.41) is 2.41. The van der Waals surface area contributed by atoms with Crippen LogP contribution < -0.4 is 9.16 Å². The molecule has 0 bridgehead atoms. The van der Waals surface area contributed by atoms with Crippen LogP contribution in [0.2, 0.25) is 18.1 Å². The first kappa shape index (κ1) is 45.6. The van der Waals surface area contributed by atoms with Gasteiger partial charge in [-0.3, -0.25) is 0 Å². The zero-order valence-electron chi connectivity index (χ0n) is 28.0. The molecule has 3 aromatic rings. The van der Waals surface area contributed by atoms with Crippen molar-refractivity contribution in [2.24, 2.45) is 0 Å². The van der Waals surface area contributed by atoms with Crippen molar-refractivity contribution in [1.82, 2.24) is 0 Å². The first-order valence-electron chi connectivity index (χ1n) is 14.3. The SMILES string of the molecule is CCOCC.CCc1c(CC)c(O[Si](C)(C)C(C)(C)C)c2cc(/C=C/c3ccccc3)ccc2c1OC.[C-]#[O+].[C-]#[O+].[C-]#[O+].[Cr]. The van der Waals surface area contributed by atoms with Gasteiger partial charge in [0.2, 0.25) is 0 Å². The molecular formula is C36H48CrO6Si. The van der Waals surface area contributed by atoms with Gasteiger partial charge in [-0.15, -0.1) is 0 Å². The molecule has 0 aliphatic rings. The van der Waals surface area contributed by atoms with E-state index in [2.05, 4.69) is 122 Å². The van der Waals surface area contributed by atoms with E-state index in [1.807, 2.05) is 19.9 Å². The number of hydrogen-bond acceptors (Lipinski definition) is 3. The van der Waals surface area contributed by atoms with E-state index in [4.69, 9.17) is 27.9 Å². The van der Waals surface area contributed by atoms with Gasteiger partial charge in [0.15, 0.2) is 0 Å². The second-order valence-electron chi connectivity index (χ2n) is 10.7. The summed E-state index contributed by atoms with van der Waals surface area (Å²) >= 11 is 0. The number of benzene rings is 3. The van der Waals surface area contributed by atoms with E-state index >= 15 is 0 Å². The predicted molar refractivity (Wildman–Crippen MR) is 176 cm³/mol. The summed E-state index contributed by atoms with van der Waals surface area (Å²) in [6.45, 7) is 35.1. The molecule has 0 fully saturated rings. The quantitative estimate of drug-likeness (QED) is 0.0995. The van der Waals surface area contributed by atoms with Crippen molar-refractivity contribution < 1.29 is 45.2 Å². The van der Waals surface area contributed by atoms with Gasteiger partial charge in [-0.1, -0.05) is 83.2 Å². The fourth-order valence-electron chi connectivity index (χ4n) is 4.12. The Morgan fingerprint density at radius 3 is 1.59 bits per heavy atom. The van der Waals surface area contributed by atoms with Crippen LogP contribution in [0.1, 0.15) is 70.7 Å². The van der Waals surface area contributed by atoms with Crippen molar-refractivity contribution in [2.75, 3.05) is 20.3 Å². The molecule has 0 saturated carbocycles. The van der Waals surface area contributed by atoms with Crippen LogP contribution in [0.25, 0.3) is 22.9 Å². The average molecular weight is 657 g/mol. The van der Waals surface area contributed by atoms with Gasteiger partial charge in [-0.25, -0.2) is 0 Å². The van der Waals surface area contributed by atoms with Crippen molar-refractivity contribution in [3.8, 4) is 11.5 Å². The minimum Gasteiger partial charge on any atom is 0 e. The van der Waals surface area contributed by atoms with E-state index in [0.29, 0.717) is 0 Å². The molecule has 0 aromatic heterocycles. The van der Waals surface area contributed by atoms with E-state index in [9.17, 15) is 0 Å². The standard InChI is InChI=1S/C29H38O2Si.C4H10O.3CO.Cr/c1-9-23-24(10-2)28(31-32(7,8)29(3,4)5)26-20-22(18-19-25(26)27(23)30-6)17-16-21-14-12-11-13-15-21;1-3-5-4-2;3*1-2;/h11-20H,9-10H2,1-8H3;3-4H2,1-2H3;;;;/b17-16+;;;;;. The molecule has 0 aliphatic carbocycles. The van der Waals surface area contributed by atoms with Crippen molar-refractivity contribution in [1.29, 1.82) is 0 Å². The number of rotatable bonds is 9. The van der Waals surface area contributed by atoms with Gasteiger partial charge in [-0.05, 0) is 73.6 Å². The van der Waals surface area contributed by atoms with Gasteiger partial charge in [0.25, 0.3) is 8.32 Å². The van der Waals surface area contributed by atoms with Crippen LogP contribution in [0.15, 0.2) is 48.5 Å². The van der Waals surface area contributed by atoms with Crippen LogP contribution in [-0.4, -0.2) is 28.6 Å². The molecular weight excluding hydrogens is 608 g/mol. The predicted octanol–water partition coefficient (Wildman–Crippen LogP) is 9.46. The molecule has 0 unspecified atom stereocenters. The van der Waals surface area contributed by atoms with Crippen LogP contribution in [0, 0.1) is 20.0 Å². The van der Waals surface area contributed by atoms with Crippen LogP contribution in [0.4, 0.5) is 0 Å². The molecule has 0 saturated heterocycles. The van der Waals surface area contributed by atoms with Crippen molar-refractivity contribution >= 4 is 31.2 Å². The summed E-state index contributed by atoms with van der Waals surface area (Å²) in [5.41, 5.74) is 4.91. The second kappa shape index (κ2) is 24.5. The minimum absolute atomic E-state index is 0. The topological polar surface area (TPSA) is 87.4 Å². The summed E-state index contributed by atoms with van der Waals surface area (Å²) in [6.07, 6.45) is 6.18. The maximum Gasteiger partial charge on any atom is 0 e. The van der Waals surface area contributed by atoms with Crippen molar-refractivity contribution in [2.45, 2.75) is 79.4 Å². The van der Waals surface area contributed by atoms with Crippen molar-refractivity contribution in [3.05, 3.63) is 90.7 Å². The van der Waals surface area contributed by atoms with E-state index in [-0.39, 0.29) is 22.4 Å². The number of fused-ring (bicyclic) bond motifs is 1. The first-order chi connectivity index (χ1) is 20.5.